The molecule has 0 rings (SSSR count). The molecule has 0 aromatic heterocycles. The Hall–Kier alpha value is 2.86. The molecule has 9 heteroatoms. The summed E-state index contributed by atoms with van der Waals surface area (Å²) in [4.78, 5) is 31.3. The van der Waals surface area contributed by atoms with E-state index in [4.69, 9.17) is 5.26 Å². The second kappa shape index (κ2) is 13.9. The Morgan fingerprint density at radius 1 is 1.07 bits per heavy atom. The first kappa shape index (κ1) is 30.2. The zero-order valence-electron chi connectivity index (χ0n) is 9.61. The van der Waals surface area contributed by atoms with Gasteiger partial charge in [0.1, 0.15) is 0 Å². The second-order valence-electron chi connectivity index (χ2n) is 1.98. The summed E-state index contributed by atoms with van der Waals surface area (Å²) in [7, 11) is -0.698. The van der Waals surface area contributed by atoms with Crippen molar-refractivity contribution in [2.45, 2.75) is 13.8 Å². The van der Waals surface area contributed by atoms with Crippen molar-refractivity contribution in [3.05, 3.63) is 0 Å². The molecule has 0 aromatic rings. The van der Waals surface area contributed by atoms with Gasteiger partial charge in [-0.3, -0.25) is 0 Å². The SMILES string of the molecule is CCP([O-])([O-])([O-])CC.[B]C#N.[Na+].[Na+].[Na+]. The van der Waals surface area contributed by atoms with Gasteiger partial charge in [-0.25, -0.2) is 5.26 Å². The van der Waals surface area contributed by atoms with Crippen LogP contribution < -0.4 is 103 Å². The van der Waals surface area contributed by atoms with Gasteiger partial charge >= 0.3 is 137 Å². The van der Waals surface area contributed by atoms with Crippen LogP contribution in [0.1, 0.15) is 13.8 Å². The summed E-state index contributed by atoms with van der Waals surface area (Å²) in [6.07, 6.45) is -0.551. The Morgan fingerprint density at radius 3 is 1.21 bits per heavy atom. The molecule has 0 aromatic carbocycles. The molecule has 64 valence electrons. The third kappa shape index (κ3) is 24.2. The van der Waals surface area contributed by atoms with Gasteiger partial charge in [-0.1, -0.05) is 0 Å². The quantitative estimate of drug-likeness (QED) is 0.355. The van der Waals surface area contributed by atoms with Crippen LogP contribution in [0.2, 0.25) is 0 Å². The molecular weight excluding hydrogens is 233 g/mol. The van der Waals surface area contributed by atoms with Crippen molar-refractivity contribution in [2.24, 2.45) is 0 Å². The molecule has 4 nitrogen and oxygen atoms in total. The summed E-state index contributed by atoms with van der Waals surface area (Å²) in [6.45, 7) is 2.74. The van der Waals surface area contributed by atoms with E-state index in [1.807, 2.05) is 0 Å². The molecule has 0 fully saturated rings. The van der Waals surface area contributed by atoms with E-state index >= 15 is 0 Å². The minimum atomic E-state index is -4.85. The van der Waals surface area contributed by atoms with E-state index in [1.165, 1.54) is 19.8 Å². The average Bonchev–Trinajstić information content (AvgIpc) is 1.90. The standard InChI is InChI=1S/C4H10O3P.CBN.3Na/c1-3-8(5,6,7)4-2;2-1-3;;;/h3-4H2,1-2H3;;;;/q-3;;3*+1. The van der Waals surface area contributed by atoms with E-state index < -0.39 is 7.28 Å². The zero-order chi connectivity index (χ0) is 9.57. The molecule has 0 heterocycles. The topological polar surface area (TPSA) is 93.0 Å². The first-order valence-corrected chi connectivity index (χ1v) is 5.47. The van der Waals surface area contributed by atoms with Crippen molar-refractivity contribution in [3.8, 4) is 5.97 Å². The maximum Gasteiger partial charge on any atom is 1.00 e. The van der Waals surface area contributed by atoms with Gasteiger partial charge in [-0.15, -0.1) is 0 Å². The fourth-order valence-electron chi connectivity index (χ4n) is 0.224. The molecule has 0 aliphatic heterocycles. The van der Waals surface area contributed by atoms with Crippen LogP contribution in [0.3, 0.4) is 0 Å². The average molecular weight is 243 g/mol. The predicted octanol–water partition coefficient (Wildman–Crippen LogP) is -10.9. The number of hydrogen-bond acceptors (Lipinski definition) is 4. The van der Waals surface area contributed by atoms with E-state index in [0.717, 1.165) is 0 Å². The van der Waals surface area contributed by atoms with Crippen LogP contribution in [0.25, 0.3) is 0 Å². The van der Waals surface area contributed by atoms with Gasteiger partial charge in [-0.05, 0) is 5.97 Å². The van der Waals surface area contributed by atoms with Gasteiger partial charge in [0.05, 0.1) is 0 Å². The molecule has 0 saturated heterocycles. The van der Waals surface area contributed by atoms with E-state index in [1.54, 1.807) is 0 Å². The van der Waals surface area contributed by atoms with E-state index in [2.05, 4.69) is 7.85 Å². The first-order valence-electron chi connectivity index (χ1n) is 3.11. The zero-order valence-corrected chi connectivity index (χ0v) is 16.5. The summed E-state index contributed by atoms with van der Waals surface area (Å²) in [5, 5.41) is 7.10. The van der Waals surface area contributed by atoms with Crippen molar-refractivity contribution in [1.82, 2.24) is 0 Å². The number of nitriles is 1. The summed E-state index contributed by atoms with van der Waals surface area (Å²) in [6, 6.07) is 0. The van der Waals surface area contributed by atoms with Crippen molar-refractivity contribution in [1.29, 1.82) is 5.26 Å². The van der Waals surface area contributed by atoms with Gasteiger partial charge in [0.25, 0.3) is 0 Å². The van der Waals surface area contributed by atoms with Crippen LogP contribution in [0, 0.1) is 11.2 Å². The molecule has 14 heavy (non-hydrogen) atoms. The van der Waals surface area contributed by atoms with Crippen molar-refractivity contribution < 1.29 is 103 Å². The minimum Gasteiger partial charge on any atom is -0.214 e. The van der Waals surface area contributed by atoms with Crippen molar-refractivity contribution >= 4 is 15.1 Å². The predicted molar refractivity (Wildman–Crippen MR) is 39.4 cm³/mol. The second-order valence-corrected chi connectivity index (χ2v) is 5.69. The van der Waals surface area contributed by atoms with Gasteiger partial charge in [-0.2, -0.15) is 0 Å². The monoisotopic (exact) mass is 243 g/mol. The van der Waals surface area contributed by atoms with E-state index in [-0.39, 0.29) is 101 Å². The summed E-state index contributed by atoms with van der Waals surface area (Å²) in [5.74, 6) is 1.25. The normalized spacial score (nSPS) is 10.4. The molecule has 0 atom stereocenters. The number of hydrogen-bond donors (Lipinski definition) is 0. The molecule has 0 amide bonds. The van der Waals surface area contributed by atoms with Gasteiger partial charge in [0.15, 0.2) is 0 Å². The fraction of sp³-hybridized carbons (Fsp3) is 0.800. The van der Waals surface area contributed by atoms with Crippen LogP contribution in [-0.2, 0) is 0 Å². The summed E-state index contributed by atoms with van der Waals surface area (Å²) < 4.78 is 0. The van der Waals surface area contributed by atoms with Crippen LogP contribution in [0.5, 0.6) is 0 Å². The smallest absolute Gasteiger partial charge is 0.214 e. The van der Waals surface area contributed by atoms with E-state index in [9.17, 15) is 14.7 Å². The molecule has 2 radical (unpaired) electrons. The Labute approximate surface area is 153 Å². The van der Waals surface area contributed by atoms with Gasteiger partial charge in [0.2, 0.25) is 7.85 Å². The number of nitrogens with zero attached hydrogens (tertiary/aromatic N) is 1. The van der Waals surface area contributed by atoms with E-state index in [0.29, 0.717) is 0 Å². The molecule has 0 spiro atoms. The van der Waals surface area contributed by atoms with Crippen LogP contribution in [-0.4, -0.2) is 20.2 Å². The molecular formula is C5H10BNNa3O3P. The maximum absolute atomic E-state index is 10.4. The van der Waals surface area contributed by atoms with Gasteiger partial charge < -0.3 is 0 Å². The fourth-order valence-corrected chi connectivity index (χ4v) is 0.671. The third-order valence-electron chi connectivity index (χ3n) is 1.22. The summed E-state index contributed by atoms with van der Waals surface area (Å²) in [5.41, 5.74) is 0. The van der Waals surface area contributed by atoms with Crippen LogP contribution in [0.4, 0.5) is 0 Å². The molecule has 0 aliphatic rings. The van der Waals surface area contributed by atoms with Gasteiger partial charge in [0, 0.05) is 0 Å². The van der Waals surface area contributed by atoms with Crippen LogP contribution >= 0.6 is 7.28 Å². The molecule has 0 saturated carbocycles. The molecule has 0 N–H and O–H groups in total. The third-order valence-corrected chi connectivity index (χ3v) is 3.67. The molecule has 0 aliphatic carbocycles. The first-order chi connectivity index (χ1) is 4.80. The summed E-state index contributed by atoms with van der Waals surface area (Å²) >= 11 is 0. The van der Waals surface area contributed by atoms with Crippen LogP contribution in [0.15, 0.2) is 0 Å². The maximum atomic E-state index is 10.4. The Balaban J connectivity index is -0.0000000405. The minimum absolute atomic E-state index is 0. The van der Waals surface area contributed by atoms with Crippen molar-refractivity contribution in [3.63, 3.8) is 0 Å². The molecule has 0 unspecified atom stereocenters. The number of rotatable bonds is 2. The Kier molecular flexibility index (Phi) is 30.0. The Morgan fingerprint density at radius 2 is 1.21 bits per heavy atom. The Bertz CT molecular complexity index is 151. The largest absolute Gasteiger partial charge is 1.00 e. The molecule has 0 bridgehead atoms. The van der Waals surface area contributed by atoms with Crippen molar-refractivity contribution in [2.75, 3.05) is 12.3 Å².